The number of ketones is 1. The SMILES string of the molecule is COc1ccc(C(=O)COC(=O)c2cccc([N+](=O)[O-])c2)cc1Cl. The molecule has 7 nitrogen and oxygen atoms in total. The Hall–Kier alpha value is -2.93. The van der Waals surface area contributed by atoms with Crippen LogP contribution in [-0.2, 0) is 4.74 Å². The van der Waals surface area contributed by atoms with Gasteiger partial charge in [-0.3, -0.25) is 14.9 Å². The van der Waals surface area contributed by atoms with Crippen molar-refractivity contribution in [1.82, 2.24) is 0 Å². The maximum Gasteiger partial charge on any atom is 0.338 e. The van der Waals surface area contributed by atoms with Gasteiger partial charge in [-0.1, -0.05) is 17.7 Å². The number of hydrogen-bond acceptors (Lipinski definition) is 6. The summed E-state index contributed by atoms with van der Waals surface area (Å²) in [6, 6.07) is 9.48. The molecule has 0 aliphatic heterocycles. The van der Waals surface area contributed by atoms with Crippen LogP contribution < -0.4 is 4.74 Å². The number of methoxy groups -OCH3 is 1. The van der Waals surface area contributed by atoms with Crippen molar-refractivity contribution in [1.29, 1.82) is 0 Å². The van der Waals surface area contributed by atoms with Crippen molar-refractivity contribution in [3.63, 3.8) is 0 Å². The average Bonchev–Trinajstić information content (AvgIpc) is 2.59. The van der Waals surface area contributed by atoms with Gasteiger partial charge in [-0.15, -0.1) is 0 Å². The first-order valence-electron chi connectivity index (χ1n) is 6.70. The lowest BCUT2D eigenvalue weighted by Crippen LogP contribution is -2.14. The summed E-state index contributed by atoms with van der Waals surface area (Å²) in [5.74, 6) is -0.869. The van der Waals surface area contributed by atoms with Crippen molar-refractivity contribution in [2.45, 2.75) is 0 Å². The van der Waals surface area contributed by atoms with Gasteiger partial charge in [-0.05, 0) is 24.3 Å². The second-order valence-corrected chi connectivity index (χ2v) is 5.06. The molecule has 0 aromatic heterocycles. The van der Waals surface area contributed by atoms with Crippen LogP contribution in [0.1, 0.15) is 20.7 Å². The molecule has 0 fully saturated rings. The van der Waals surface area contributed by atoms with Crippen molar-refractivity contribution in [3.8, 4) is 5.75 Å². The Bertz CT molecular complexity index is 805. The second-order valence-electron chi connectivity index (χ2n) is 4.66. The Kier molecular flexibility index (Phi) is 5.49. The maximum atomic E-state index is 12.0. The first-order chi connectivity index (χ1) is 11.4. The van der Waals surface area contributed by atoms with Crippen molar-refractivity contribution < 1.29 is 24.0 Å². The Morgan fingerprint density at radius 3 is 2.54 bits per heavy atom. The number of benzene rings is 2. The molecule has 0 aliphatic rings. The van der Waals surface area contributed by atoms with E-state index < -0.39 is 23.3 Å². The number of carbonyl (C=O) groups is 2. The van der Waals surface area contributed by atoms with Gasteiger partial charge in [0.25, 0.3) is 5.69 Å². The zero-order valence-corrected chi connectivity index (χ0v) is 13.3. The molecule has 24 heavy (non-hydrogen) atoms. The lowest BCUT2D eigenvalue weighted by atomic mass is 10.1. The van der Waals surface area contributed by atoms with Gasteiger partial charge in [-0.2, -0.15) is 0 Å². The summed E-state index contributed by atoms with van der Waals surface area (Å²) in [6.45, 7) is -0.510. The van der Waals surface area contributed by atoms with Crippen molar-refractivity contribution >= 4 is 29.0 Å². The highest BCUT2D eigenvalue weighted by molar-refractivity contribution is 6.32. The minimum Gasteiger partial charge on any atom is -0.495 e. The van der Waals surface area contributed by atoms with Crippen LogP contribution in [0.25, 0.3) is 0 Å². The summed E-state index contributed by atoms with van der Waals surface area (Å²) in [6.07, 6.45) is 0. The third kappa shape index (κ3) is 4.08. The Morgan fingerprint density at radius 1 is 1.17 bits per heavy atom. The highest BCUT2D eigenvalue weighted by Gasteiger charge is 2.15. The zero-order valence-electron chi connectivity index (χ0n) is 12.5. The third-order valence-corrected chi connectivity index (χ3v) is 3.40. The quantitative estimate of drug-likeness (QED) is 0.343. The molecule has 0 amide bonds. The van der Waals surface area contributed by atoms with Gasteiger partial charge in [-0.25, -0.2) is 4.79 Å². The largest absolute Gasteiger partial charge is 0.495 e. The normalized spacial score (nSPS) is 10.1. The number of hydrogen-bond donors (Lipinski definition) is 0. The number of Topliss-reactive ketones (excluding diaryl/α,β-unsaturated/α-hetero) is 1. The van der Waals surface area contributed by atoms with Gasteiger partial charge in [0.1, 0.15) is 5.75 Å². The molecule has 2 aromatic rings. The molecule has 0 radical (unpaired) electrons. The second kappa shape index (κ2) is 7.56. The Morgan fingerprint density at radius 2 is 1.92 bits per heavy atom. The van der Waals surface area contributed by atoms with Crippen LogP contribution in [-0.4, -0.2) is 30.4 Å². The van der Waals surface area contributed by atoms with Crippen molar-refractivity contribution in [3.05, 3.63) is 68.7 Å². The van der Waals surface area contributed by atoms with Crippen LogP contribution in [0.2, 0.25) is 5.02 Å². The first-order valence-corrected chi connectivity index (χ1v) is 7.08. The molecular formula is C16H12ClNO6. The van der Waals surface area contributed by atoms with E-state index in [2.05, 4.69) is 0 Å². The fourth-order valence-corrected chi connectivity index (χ4v) is 2.14. The Labute approximate surface area is 141 Å². The summed E-state index contributed by atoms with van der Waals surface area (Å²) in [5.41, 5.74) is 0.00937. The molecule has 2 rings (SSSR count). The number of carbonyl (C=O) groups excluding carboxylic acids is 2. The van der Waals surface area contributed by atoms with E-state index in [-0.39, 0.29) is 21.8 Å². The summed E-state index contributed by atoms with van der Waals surface area (Å²) in [5, 5.41) is 10.9. The molecule has 0 bridgehead atoms. The van der Waals surface area contributed by atoms with Crippen molar-refractivity contribution in [2.24, 2.45) is 0 Å². The molecule has 124 valence electrons. The van der Waals surface area contributed by atoms with Crippen LogP contribution in [0.5, 0.6) is 5.75 Å². The Balaban J connectivity index is 2.03. The van der Waals surface area contributed by atoms with Gasteiger partial charge in [0, 0.05) is 17.7 Å². The number of non-ortho nitro benzene ring substituents is 1. The van der Waals surface area contributed by atoms with E-state index >= 15 is 0 Å². The van der Waals surface area contributed by atoms with Crippen LogP contribution in [0.4, 0.5) is 5.69 Å². The minimum atomic E-state index is -0.827. The monoisotopic (exact) mass is 349 g/mol. The average molecular weight is 350 g/mol. The first kappa shape index (κ1) is 17.4. The van der Waals surface area contributed by atoms with Gasteiger partial charge < -0.3 is 9.47 Å². The summed E-state index contributed by atoms with van der Waals surface area (Å²) < 4.78 is 9.87. The van der Waals surface area contributed by atoms with E-state index in [4.69, 9.17) is 21.1 Å². The molecule has 0 saturated carbocycles. The predicted molar refractivity (Wildman–Crippen MR) is 85.7 cm³/mol. The number of rotatable bonds is 6. The molecule has 2 aromatic carbocycles. The molecule has 0 atom stereocenters. The number of halogens is 1. The van der Waals surface area contributed by atoms with Crippen LogP contribution in [0.15, 0.2) is 42.5 Å². The number of esters is 1. The molecule has 0 aliphatic carbocycles. The zero-order chi connectivity index (χ0) is 17.7. The van der Waals surface area contributed by atoms with E-state index in [1.165, 1.54) is 43.5 Å². The van der Waals surface area contributed by atoms with Gasteiger partial charge >= 0.3 is 5.97 Å². The standard InChI is InChI=1S/C16H12ClNO6/c1-23-15-6-5-10(8-13(15)17)14(19)9-24-16(20)11-3-2-4-12(7-11)18(21)22/h2-8H,9H2,1H3. The molecule has 0 heterocycles. The fraction of sp³-hybridized carbons (Fsp3) is 0.125. The van der Waals surface area contributed by atoms with E-state index in [1.54, 1.807) is 0 Å². The number of nitro groups is 1. The number of nitrogens with zero attached hydrogens (tertiary/aromatic N) is 1. The number of ether oxygens (including phenoxy) is 2. The maximum absolute atomic E-state index is 12.0. The highest BCUT2D eigenvalue weighted by Crippen LogP contribution is 2.25. The van der Waals surface area contributed by atoms with Crippen LogP contribution >= 0.6 is 11.6 Å². The number of nitro benzene ring substituents is 1. The predicted octanol–water partition coefficient (Wildman–Crippen LogP) is 3.30. The fourth-order valence-electron chi connectivity index (χ4n) is 1.88. The van der Waals surface area contributed by atoms with Gasteiger partial charge in [0.15, 0.2) is 12.4 Å². The van der Waals surface area contributed by atoms with Gasteiger partial charge in [0.2, 0.25) is 0 Å². The molecule has 0 N–H and O–H groups in total. The highest BCUT2D eigenvalue weighted by atomic mass is 35.5. The molecule has 8 heteroatoms. The lowest BCUT2D eigenvalue weighted by molar-refractivity contribution is -0.384. The third-order valence-electron chi connectivity index (χ3n) is 3.10. The summed E-state index contributed by atoms with van der Waals surface area (Å²) in [4.78, 5) is 34.0. The van der Waals surface area contributed by atoms with E-state index in [1.807, 2.05) is 0 Å². The van der Waals surface area contributed by atoms with E-state index in [0.29, 0.717) is 5.75 Å². The minimum absolute atomic E-state index is 0.00948. The molecule has 0 spiro atoms. The van der Waals surface area contributed by atoms with E-state index in [0.717, 1.165) is 6.07 Å². The lowest BCUT2D eigenvalue weighted by Gasteiger charge is -2.07. The molecule has 0 unspecified atom stereocenters. The van der Waals surface area contributed by atoms with E-state index in [9.17, 15) is 19.7 Å². The van der Waals surface area contributed by atoms with Crippen LogP contribution in [0.3, 0.4) is 0 Å². The van der Waals surface area contributed by atoms with Gasteiger partial charge in [0.05, 0.1) is 22.6 Å². The van der Waals surface area contributed by atoms with Crippen LogP contribution in [0, 0.1) is 10.1 Å². The smallest absolute Gasteiger partial charge is 0.338 e. The summed E-state index contributed by atoms with van der Waals surface area (Å²) >= 11 is 5.93. The van der Waals surface area contributed by atoms with Crippen molar-refractivity contribution in [2.75, 3.05) is 13.7 Å². The summed E-state index contributed by atoms with van der Waals surface area (Å²) in [7, 11) is 1.45. The topological polar surface area (TPSA) is 95.7 Å². The molecular weight excluding hydrogens is 338 g/mol. The molecule has 0 saturated heterocycles.